The Morgan fingerprint density at radius 2 is 1.61 bits per heavy atom. The number of rotatable bonds is 14. The number of hydrogen-bond acceptors (Lipinski definition) is 4. The number of fused-ring (bicyclic) bond motifs is 2. The van der Waals surface area contributed by atoms with Crippen LogP contribution in [-0.4, -0.2) is 33.8 Å². The molecule has 0 saturated heterocycles. The van der Waals surface area contributed by atoms with E-state index in [0.717, 1.165) is 102 Å². The van der Waals surface area contributed by atoms with Crippen molar-refractivity contribution >= 4 is 38.4 Å². The summed E-state index contributed by atoms with van der Waals surface area (Å²) in [5.41, 5.74) is 6.07. The third kappa shape index (κ3) is 12.0. The molecule has 9 heteroatoms. The van der Waals surface area contributed by atoms with Gasteiger partial charge in [-0.2, -0.15) is 13.2 Å². The van der Waals surface area contributed by atoms with Crippen molar-refractivity contribution < 1.29 is 27.8 Å². The monoisotopic (exact) mass is 790 g/mol. The lowest BCUT2D eigenvalue weighted by Gasteiger charge is -2.24. The highest BCUT2D eigenvalue weighted by Crippen LogP contribution is 2.47. The zero-order chi connectivity index (χ0) is 40.8. The Kier molecular flexibility index (Phi) is 17.2. The average molecular weight is 791 g/mol. The maximum absolute atomic E-state index is 13.3. The normalized spacial score (nSPS) is 13.4. The molecule has 6 rings (SSSR count). The van der Waals surface area contributed by atoms with Gasteiger partial charge < -0.3 is 14.4 Å². The van der Waals surface area contributed by atoms with E-state index >= 15 is 0 Å². The highest BCUT2D eigenvalue weighted by molar-refractivity contribution is 7.21. The first-order chi connectivity index (χ1) is 26.8. The lowest BCUT2D eigenvalue weighted by molar-refractivity contribution is -0.137. The van der Waals surface area contributed by atoms with E-state index in [1.54, 1.807) is 18.2 Å². The Labute approximate surface area is 336 Å². The number of hydrogen-bond donors (Lipinski definition) is 1. The van der Waals surface area contributed by atoms with Crippen LogP contribution in [0.3, 0.4) is 0 Å². The molecule has 1 fully saturated rings. The van der Waals surface area contributed by atoms with E-state index in [-0.39, 0.29) is 0 Å². The van der Waals surface area contributed by atoms with Gasteiger partial charge in [-0.15, -0.1) is 11.3 Å². The number of carbonyl (C=O) groups is 1. The van der Waals surface area contributed by atoms with E-state index in [0.29, 0.717) is 34.1 Å². The van der Waals surface area contributed by atoms with Crippen molar-refractivity contribution in [2.45, 2.75) is 131 Å². The lowest BCUT2D eigenvalue weighted by atomic mass is 9.83. The standard InChI is InChI=1S/C33H29F3N2O2S.C8H18.C6H14O/c1-19(2)18-38-27-17-28(32(39)40)41-31(27)29(20-7-4-3-5-8-20)30(38)23-12-14-26-22(15-23)11-13-25(37-26)21-9-6-10-24(16-21)33(34,35)36;1-4-6-8(3)7-5-2;1-3-5-7-6-4-2/h6,9-17,20H,1,3-5,7-8,18H2,2H3,(H,39,40);8H,4-7H2,1-3H3;3-6H2,1-2H3. The molecular weight excluding hydrogens is 730 g/mol. The van der Waals surface area contributed by atoms with Gasteiger partial charge in [0.05, 0.1) is 32.7 Å². The third-order valence-electron chi connectivity index (χ3n) is 10.1. The number of alkyl halides is 3. The van der Waals surface area contributed by atoms with Crippen molar-refractivity contribution in [3.63, 3.8) is 0 Å². The van der Waals surface area contributed by atoms with Crippen molar-refractivity contribution in [2.24, 2.45) is 5.92 Å². The second-order valence-electron chi connectivity index (χ2n) is 15.2. The summed E-state index contributed by atoms with van der Waals surface area (Å²) >= 11 is 1.35. The smallest absolute Gasteiger partial charge is 0.416 e. The van der Waals surface area contributed by atoms with Crippen molar-refractivity contribution in [1.29, 1.82) is 0 Å². The van der Waals surface area contributed by atoms with Crippen LogP contribution in [0.1, 0.15) is 139 Å². The summed E-state index contributed by atoms with van der Waals surface area (Å²) in [5, 5.41) is 10.6. The number of thiophene rings is 1. The highest BCUT2D eigenvalue weighted by atomic mass is 32.1. The molecule has 1 saturated carbocycles. The SMILES string of the molecule is C=C(C)Cn1c(-c2ccc3nc(-c4cccc(C(F)(F)F)c4)ccc3c2)c(C2CCCCC2)c2sc(C(=O)O)cc21.CCCC(C)CCC.CCCOCCC. The molecule has 0 radical (unpaired) electrons. The number of carboxylic acid groups (broad SMARTS) is 1. The minimum Gasteiger partial charge on any atom is -0.477 e. The van der Waals surface area contributed by atoms with Crippen LogP contribution in [0.15, 0.2) is 72.8 Å². The van der Waals surface area contributed by atoms with Gasteiger partial charge in [-0.05, 0) is 92.0 Å². The topological polar surface area (TPSA) is 64.4 Å². The van der Waals surface area contributed by atoms with Crippen molar-refractivity contribution in [1.82, 2.24) is 9.55 Å². The van der Waals surface area contributed by atoms with Crippen molar-refractivity contribution in [2.75, 3.05) is 13.2 Å². The van der Waals surface area contributed by atoms with Gasteiger partial charge in [0.1, 0.15) is 4.88 Å². The van der Waals surface area contributed by atoms with Gasteiger partial charge >= 0.3 is 12.1 Å². The fourth-order valence-corrected chi connectivity index (χ4v) is 8.70. The maximum atomic E-state index is 13.3. The largest absolute Gasteiger partial charge is 0.477 e. The van der Waals surface area contributed by atoms with Gasteiger partial charge in [-0.25, -0.2) is 9.78 Å². The number of aromatic nitrogens is 2. The molecule has 5 nitrogen and oxygen atoms in total. The predicted octanol–water partition coefficient (Wildman–Crippen LogP) is 15.0. The first-order valence-electron chi connectivity index (χ1n) is 20.5. The van der Waals surface area contributed by atoms with E-state index in [1.165, 1.54) is 55.1 Å². The number of pyridine rings is 1. The Balaban J connectivity index is 0.000000394. The summed E-state index contributed by atoms with van der Waals surface area (Å²) in [5.74, 6) is 0.382. The summed E-state index contributed by atoms with van der Waals surface area (Å²) in [7, 11) is 0. The molecule has 56 heavy (non-hydrogen) atoms. The molecular formula is C47H61F3N2O3S. The summed E-state index contributed by atoms with van der Waals surface area (Å²) in [6, 6.07) is 16.7. The number of carboxylic acids is 1. The fourth-order valence-electron chi connectivity index (χ4n) is 7.58. The summed E-state index contributed by atoms with van der Waals surface area (Å²) in [4.78, 5) is 16.9. The van der Waals surface area contributed by atoms with Crippen LogP contribution in [0.2, 0.25) is 0 Å². The first kappa shape index (κ1) is 44.8. The van der Waals surface area contributed by atoms with Crippen LogP contribution >= 0.6 is 11.3 Å². The molecule has 1 N–H and O–H groups in total. The zero-order valence-corrected chi connectivity index (χ0v) is 35.1. The lowest BCUT2D eigenvalue weighted by Crippen LogP contribution is -2.08. The van der Waals surface area contributed by atoms with Gasteiger partial charge in [-0.1, -0.05) is 116 Å². The molecule has 2 aromatic carbocycles. The molecule has 0 atom stereocenters. The zero-order valence-electron chi connectivity index (χ0n) is 34.2. The third-order valence-corrected chi connectivity index (χ3v) is 11.3. The molecule has 304 valence electrons. The summed E-state index contributed by atoms with van der Waals surface area (Å²) < 4.78 is 48.2. The van der Waals surface area contributed by atoms with Crippen LogP contribution in [0.25, 0.3) is 43.6 Å². The van der Waals surface area contributed by atoms with Crippen LogP contribution in [-0.2, 0) is 17.5 Å². The second-order valence-corrected chi connectivity index (χ2v) is 16.3. The summed E-state index contributed by atoms with van der Waals surface area (Å²) in [6.07, 6.45) is 9.01. The number of allylic oxidation sites excluding steroid dienone is 1. The Morgan fingerprint density at radius 1 is 0.929 bits per heavy atom. The highest BCUT2D eigenvalue weighted by Gasteiger charge is 2.31. The quantitative estimate of drug-likeness (QED) is 0.0899. The molecule has 0 aliphatic heterocycles. The number of halogens is 3. The maximum Gasteiger partial charge on any atom is 0.416 e. The van der Waals surface area contributed by atoms with Gasteiger partial charge in [0.2, 0.25) is 0 Å². The molecule has 0 bridgehead atoms. The van der Waals surface area contributed by atoms with Crippen molar-refractivity contribution in [3.8, 4) is 22.5 Å². The fraction of sp³-hybridized carbons (Fsp3) is 0.489. The van der Waals surface area contributed by atoms with E-state index in [4.69, 9.17) is 9.72 Å². The minimum absolute atomic E-state index is 0.332. The number of aromatic carboxylic acids is 1. The molecule has 1 aliphatic rings. The average Bonchev–Trinajstić information content (AvgIpc) is 3.74. The van der Waals surface area contributed by atoms with Gasteiger partial charge in [0.25, 0.3) is 0 Å². The molecule has 0 unspecified atom stereocenters. The van der Waals surface area contributed by atoms with Crippen LogP contribution < -0.4 is 0 Å². The molecule has 0 amide bonds. The van der Waals surface area contributed by atoms with E-state index < -0.39 is 17.7 Å². The van der Waals surface area contributed by atoms with Crippen LogP contribution in [0, 0.1) is 5.92 Å². The van der Waals surface area contributed by atoms with Gasteiger partial charge in [0, 0.05) is 30.7 Å². The minimum atomic E-state index is -4.42. The van der Waals surface area contributed by atoms with Gasteiger partial charge in [0.15, 0.2) is 0 Å². The molecule has 3 heterocycles. The van der Waals surface area contributed by atoms with Crippen molar-refractivity contribution in [3.05, 3.63) is 88.8 Å². The van der Waals surface area contributed by atoms with Crippen LogP contribution in [0.4, 0.5) is 13.2 Å². The molecule has 3 aromatic heterocycles. The Bertz CT molecular complexity index is 2010. The second kappa shape index (κ2) is 21.5. The predicted molar refractivity (Wildman–Crippen MR) is 229 cm³/mol. The van der Waals surface area contributed by atoms with Crippen LogP contribution in [0.5, 0.6) is 0 Å². The Hall–Kier alpha value is -3.95. The summed E-state index contributed by atoms with van der Waals surface area (Å²) in [6.45, 7) is 19.6. The number of benzene rings is 2. The van der Waals surface area contributed by atoms with E-state index in [2.05, 4.69) is 51.8 Å². The molecule has 5 aromatic rings. The first-order valence-corrected chi connectivity index (χ1v) is 21.3. The molecule has 0 spiro atoms. The van der Waals surface area contributed by atoms with E-state index in [1.807, 2.05) is 25.1 Å². The molecule has 1 aliphatic carbocycles. The van der Waals surface area contributed by atoms with Gasteiger partial charge in [-0.3, -0.25) is 0 Å². The number of ether oxygens (including phenoxy) is 1. The Morgan fingerprint density at radius 3 is 2.20 bits per heavy atom. The number of nitrogens with zero attached hydrogens (tertiary/aromatic N) is 2. The van der Waals surface area contributed by atoms with E-state index in [9.17, 15) is 23.1 Å².